The lowest BCUT2D eigenvalue weighted by molar-refractivity contribution is -0.137. The Morgan fingerprint density at radius 2 is 1.92 bits per heavy atom. The zero-order valence-corrected chi connectivity index (χ0v) is 7.38. The van der Waals surface area contributed by atoms with Gasteiger partial charge in [0.1, 0.15) is 0 Å². The lowest BCUT2D eigenvalue weighted by Crippen LogP contribution is -2.27. The Balaban J connectivity index is 3.09. The summed E-state index contributed by atoms with van der Waals surface area (Å²) in [6.07, 6.45) is 0.526. The van der Waals surface area contributed by atoms with E-state index in [2.05, 4.69) is 0 Å². The highest BCUT2D eigenvalue weighted by Crippen LogP contribution is 2.21. The molecule has 4 heteroatoms. The third-order valence-corrected chi connectivity index (χ3v) is 1.89. The number of imide groups is 1. The number of likely N-dealkylation sites (N-methyl/N-ethyl adjacent to an activating group) is 1. The van der Waals surface area contributed by atoms with Gasteiger partial charge in [-0.1, -0.05) is 6.92 Å². The second-order valence-electron chi connectivity index (χ2n) is 2.53. The molecule has 1 rings (SSSR count). The molecule has 0 spiro atoms. The second kappa shape index (κ2) is 2.97. The Bertz CT molecular complexity index is 241. The van der Waals surface area contributed by atoms with Crippen molar-refractivity contribution >= 4 is 11.8 Å². The van der Waals surface area contributed by atoms with Crippen LogP contribution in [0.15, 0.2) is 11.3 Å². The summed E-state index contributed by atoms with van der Waals surface area (Å²) < 4.78 is 4.84. The molecule has 0 atom stereocenters. The van der Waals surface area contributed by atoms with E-state index in [9.17, 15) is 9.59 Å². The summed E-state index contributed by atoms with van der Waals surface area (Å²) >= 11 is 0. The Morgan fingerprint density at radius 1 is 1.33 bits per heavy atom. The average Bonchev–Trinajstić information content (AvgIpc) is 2.29. The molecule has 1 aliphatic heterocycles. The van der Waals surface area contributed by atoms with Gasteiger partial charge in [0.15, 0.2) is 5.76 Å². The number of nitrogens with zero attached hydrogens (tertiary/aromatic N) is 1. The van der Waals surface area contributed by atoms with E-state index in [1.807, 2.05) is 6.92 Å². The highest BCUT2D eigenvalue weighted by molar-refractivity contribution is 6.18. The third-order valence-electron chi connectivity index (χ3n) is 1.89. The number of carbonyl (C=O) groups is 2. The number of amides is 2. The first kappa shape index (κ1) is 8.77. The summed E-state index contributed by atoms with van der Waals surface area (Å²) in [4.78, 5) is 23.6. The maximum absolute atomic E-state index is 11.3. The molecule has 0 fully saturated rings. The maximum Gasteiger partial charge on any atom is 0.296 e. The molecule has 2 amide bonds. The Hall–Kier alpha value is -1.32. The topological polar surface area (TPSA) is 46.6 Å². The molecular weight excluding hydrogens is 158 g/mol. The standard InChI is InChI=1S/C8H11NO3/c1-4-5-6(12-3)8(11)9(2)7(5)10/h4H2,1-3H3. The average molecular weight is 169 g/mol. The van der Waals surface area contributed by atoms with Crippen molar-refractivity contribution in [2.24, 2.45) is 0 Å². The molecule has 0 radical (unpaired) electrons. The molecule has 0 aromatic carbocycles. The van der Waals surface area contributed by atoms with Crippen LogP contribution in [0, 0.1) is 0 Å². The van der Waals surface area contributed by atoms with Crippen molar-refractivity contribution in [3.8, 4) is 0 Å². The van der Waals surface area contributed by atoms with Crippen molar-refractivity contribution in [1.82, 2.24) is 4.90 Å². The van der Waals surface area contributed by atoms with Gasteiger partial charge in [0, 0.05) is 7.05 Å². The van der Waals surface area contributed by atoms with Gasteiger partial charge in [-0.15, -0.1) is 0 Å². The summed E-state index contributed by atoms with van der Waals surface area (Å²) in [7, 11) is 2.85. The van der Waals surface area contributed by atoms with E-state index in [0.717, 1.165) is 4.90 Å². The monoisotopic (exact) mass is 169 g/mol. The first-order valence-corrected chi connectivity index (χ1v) is 3.73. The van der Waals surface area contributed by atoms with Crippen molar-refractivity contribution in [1.29, 1.82) is 0 Å². The SMILES string of the molecule is CCC1=C(OC)C(=O)N(C)C1=O. The Morgan fingerprint density at radius 3 is 2.25 bits per heavy atom. The highest BCUT2D eigenvalue weighted by Gasteiger charge is 2.35. The van der Waals surface area contributed by atoms with Crippen molar-refractivity contribution in [3.05, 3.63) is 11.3 Å². The van der Waals surface area contributed by atoms with Crippen LogP contribution in [0.25, 0.3) is 0 Å². The zero-order chi connectivity index (χ0) is 9.30. The van der Waals surface area contributed by atoms with Crippen LogP contribution in [0.1, 0.15) is 13.3 Å². The van der Waals surface area contributed by atoms with Crippen LogP contribution < -0.4 is 0 Å². The van der Waals surface area contributed by atoms with E-state index < -0.39 is 0 Å². The first-order chi connectivity index (χ1) is 5.63. The third kappa shape index (κ3) is 0.995. The van der Waals surface area contributed by atoms with E-state index >= 15 is 0 Å². The Kier molecular flexibility index (Phi) is 2.17. The van der Waals surface area contributed by atoms with E-state index in [1.165, 1.54) is 14.2 Å². The quantitative estimate of drug-likeness (QED) is 0.558. The predicted octanol–water partition coefficient (Wildman–Crippen LogP) is 0.296. The normalized spacial score (nSPS) is 17.8. The maximum atomic E-state index is 11.3. The molecule has 1 heterocycles. The fourth-order valence-electron chi connectivity index (χ4n) is 1.20. The van der Waals surface area contributed by atoms with Crippen molar-refractivity contribution in [2.75, 3.05) is 14.2 Å². The lowest BCUT2D eigenvalue weighted by atomic mass is 10.2. The molecule has 0 aromatic heterocycles. The minimum absolute atomic E-state index is 0.185. The van der Waals surface area contributed by atoms with Gasteiger partial charge in [0.05, 0.1) is 12.7 Å². The van der Waals surface area contributed by atoms with Gasteiger partial charge in [-0.3, -0.25) is 14.5 Å². The smallest absolute Gasteiger partial charge is 0.296 e. The molecule has 1 aliphatic rings. The van der Waals surface area contributed by atoms with Crippen LogP contribution >= 0.6 is 0 Å². The largest absolute Gasteiger partial charge is 0.491 e. The van der Waals surface area contributed by atoms with E-state index in [-0.39, 0.29) is 17.6 Å². The van der Waals surface area contributed by atoms with Gasteiger partial charge < -0.3 is 4.74 Å². The molecule has 12 heavy (non-hydrogen) atoms. The summed E-state index contributed by atoms with van der Waals surface area (Å²) in [6, 6.07) is 0. The Labute approximate surface area is 70.8 Å². The van der Waals surface area contributed by atoms with Crippen molar-refractivity contribution in [2.45, 2.75) is 13.3 Å². The van der Waals surface area contributed by atoms with Crippen LogP contribution in [-0.2, 0) is 14.3 Å². The van der Waals surface area contributed by atoms with Gasteiger partial charge in [0.25, 0.3) is 11.8 Å². The molecule has 0 aliphatic carbocycles. The molecule has 0 saturated carbocycles. The minimum Gasteiger partial charge on any atom is -0.491 e. The van der Waals surface area contributed by atoms with Gasteiger partial charge >= 0.3 is 0 Å². The molecule has 0 bridgehead atoms. The summed E-state index contributed by atoms with van der Waals surface area (Å²) in [5.74, 6) is -0.413. The van der Waals surface area contributed by atoms with E-state index in [1.54, 1.807) is 0 Å². The van der Waals surface area contributed by atoms with Crippen LogP contribution in [0.2, 0.25) is 0 Å². The number of hydrogen-bond donors (Lipinski definition) is 0. The molecule has 0 unspecified atom stereocenters. The van der Waals surface area contributed by atoms with Gasteiger partial charge in [-0.2, -0.15) is 0 Å². The van der Waals surface area contributed by atoms with Gasteiger partial charge in [0.2, 0.25) is 0 Å². The number of rotatable bonds is 2. The number of ether oxygens (including phenoxy) is 1. The molecular formula is C8H11NO3. The van der Waals surface area contributed by atoms with Crippen LogP contribution in [-0.4, -0.2) is 30.9 Å². The molecule has 66 valence electrons. The molecule has 0 saturated heterocycles. The number of hydrogen-bond acceptors (Lipinski definition) is 3. The van der Waals surface area contributed by atoms with E-state index in [4.69, 9.17) is 4.74 Å². The summed E-state index contributed by atoms with van der Waals surface area (Å²) in [5.41, 5.74) is 0.463. The van der Waals surface area contributed by atoms with Crippen molar-refractivity contribution < 1.29 is 14.3 Å². The number of methoxy groups -OCH3 is 1. The fraction of sp³-hybridized carbons (Fsp3) is 0.500. The van der Waals surface area contributed by atoms with Gasteiger partial charge in [-0.05, 0) is 6.42 Å². The van der Waals surface area contributed by atoms with E-state index in [0.29, 0.717) is 12.0 Å². The highest BCUT2D eigenvalue weighted by atomic mass is 16.5. The van der Waals surface area contributed by atoms with Gasteiger partial charge in [-0.25, -0.2) is 0 Å². The van der Waals surface area contributed by atoms with Crippen LogP contribution in [0.5, 0.6) is 0 Å². The van der Waals surface area contributed by atoms with Crippen molar-refractivity contribution in [3.63, 3.8) is 0 Å². The summed E-state index contributed by atoms with van der Waals surface area (Å²) in [5, 5.41) is 0. The lowest BCUT2D eigenvalue weighted by Gasteiger charge is -2.04. The predicted molar refractivity (Wildman–Crippen MR) is 42.1 cm³/mol. The summed E-state index contributed by atoms with van der Waals surface area (Å²) in [6.45, 7) is 1.82. The van der Waals surface area contributed by atoms with Crippen LogP contribution in [0.4, 0.5) is 0 Å². The minimum atomic E-state index is -0.348. The zero-order valence-electron chi connectivity index (χ0n) is 7.38. The molecule has 4 nitrogen and oxygen atoms in total. The second-order valence-corrected chi connectivity index (χ2v) is 2.53. The number of carbonyl (C=O) groups excluding carboxylic acids is 2. The fourth-order valence-corrected chi connectivity index (χ4v) is 1.20. The molecule has 0 N–H and O–H groups in total. The van der Waals surface area contributed by atoms with Crippen LogP contribution in [0.3, 0.4) is 0 Å². The molecule has 0 aromatic rings. The first-order valence-electron chi connectivity index (χ1n) is 3.73.